The highest BCUT2D eigenvalue weighted by atomic mass is 16.5. The summed E-state index contributed by atoms with van der Waals surface area (Å²) in [5.41, 5.74) is 2.19. The number of fused-ring (bicyclic) bond motifs is 2. The van der Waals surface area contributed by atoms with E-state index in [1.54, 1.807) is 6.92 Å². The highest BCUT2D eigenvalue weighted by Gasteiger charge is 2.82. The normalized spacial score (nSPS) is 55.2. The lowest BCUT2D eigenvalue weighted by Crippen LogP contribution is -2.58. The molecule has 2 spiro atoms. The van der Waals surface area contributed by atoms with Gasteiger partial charge in [0.05, 0.1) is 12.2 Å². The van der Waals surface area contributed by atoms with E-state index < -0.39 is 0 Å². The van der Waals surface area contributed by atoms with E-state index in [9.17, 15) is 4.79 Å². The van der Waals surface area contributed by atoms with Crippen LogP contribution < -0.4 is 0 Å². The van der Waals surface area contributed by atoms with Crippen molar-refractivity contribution in [1.29, 1.82) is 0 Å². The van der Waals surface area contributed by atoms with Crippen LogP contribution in [0.15, 0.2) is 0 Å². The Morgan fingerprint density at radius 1 is 0.806 bits per heavy atom. The van der Waals surface area contributed by atoms with Crippen LogP contribution in [-0.2, 0) is 14.3 Å². The number of carbonyl (C=O) groups is 1. The number of ether oxygens (including phenoxy) is 2. The van der Waals surface area contributed by atoms with Crippen molar-refractivity contribution in [2.24, 2.45) is 56.7 Å². The molecule has 0 aromatic heterocycles. The number of hydrogen-bond acceptors (Lipinski definition) is 3. The summed E-state index contributed by atoms with van der Waals surface area (Å²) in [6.07, 6.45) is 15.0. The Morgan fingerprint density at radius 2 is 1.50 bits per heavy atom. The maximum absolute atomic E-state index is 11.9. The summed E-state index contributed by atoms with van der Waals surface area (Å²) >= 11 is 0. The van der Waals surface area contributed by atoms with E-state index in [2.05, 4.69) is 48.5 Å². The molecule has 0 aromatic rings. The lowest BCUT2D eigenvalue weighted by atomic mass is 9.41. The first-order chi connectivity index (χ1) is 16.8. The largest absolute Gasteiger partial charge is 0.462 e. The van der Waals surface area contributed by atoms with E-state index in [1.807, 2.05) is 0 Å². The minimum absolute atomic E-state index is 0.0759. The van der Waals surface area contributed by atoms with Gasteiger partial charge in [-0.05, 0) is 129 Å². The quantitative estimate of drug-likeness (QED) is 0.368. The van der Waals surface area contributed by atoms with Gasteiger partial charge in [-0.1, -0.05) is 41.5 Å². The first-order valence-corrected chi connectivity index (χ1v) is 15.6. The highest BCUT2D eigenvalue weighted by Crippen LogP contribution is 2.89. The van der Waals surface area contributed by atoms with Gasteiger partial charge in [0, 0.05) is 12.3 Å². The van der Waals surface area contributed by atoms with E-state index in [1.165, 1.54) is 64.2 Å². The first-order valence-electron chi connectivity index (χ1n) is 15.6. The molecule has 3 nitrogen and oxygen atoms in total. The molecule has 0 bridgehead atoms. The van der Waals surface area contributed by atoms with Gasteiger partial charge < -0.3 is 9.47 Å². The van der Waals surface area contributed by atoms with Crippen molar-refractivity contribution in [3.63, 3.8) is 0 Å². The molecule has 1 saturated heterocycles. The van der Waals surface area contributed by atoms with Gasteiger partial charge in [-0.15, -0.1) is 0 Å². The predicted molar refractivity (Wildman–Crippen MR) is 144 cm³/mol. The van der Waals surface area contributed by atoms with Crippen molar-refractivity contribution in [1.82, 2.24) is 0 Å². The third-order valence-electron chi connectivity index (χ3n) is 14.9. The molecule has 36 heavy (non-hydrogen) atoms. The first kappa shape index (κ1) is 25.7. The van der Waals surface area contributed by atoms with Crippen LogP contribution in [0.5, 0.6) is 0 Å². The average molecular weight is 499 g/mol. The van der Waals surface area contributed by atoms with Gasteiger partial charge in [-0.2, -0.15) is 0 Å². The molecule has 0 radical (unpaired) electrons. The molecule has 6 fully saturated rings. The fourth-order valence-electron chi connectivity index (χ4n) is 12.2. The van der Waals surface area contributed by atoms with Gasteiger partial charge in [0.15, 0.2) is 0 Å². The van der Waals surface area contributed by atoms with Gasteiger partial charge in [-0.3, -0.25) is 4.79 Å². The fourth-order valence-corrected chi connectivity index (χ4v) is 12.2. The Hall–Kier alpha value is -0.570. The predicted octanol–water partition coefficient (Wildman–Crippen LogP) is 8.20. The molecule has 0 amide bonds. The summed E-state index contributed by atoms with van der Waals surface area (Å²) in [6.45, 7) is 19.9. The van der Waals surface area contributed by atoms with Crippen molar-refractivity contribution >= 4 is 5.97 Å². The van der Waals surface area contributed by atoms with Crippen molar-refractivity contribution in [2.45, 2.75) is 138 Å². The molecule has 3 heteroatoms. The van der Waals surface area contributed by atoms with Gasteiger partial charge >= 0.3 is 5.97 Å². The Balaban J connectivity index is 1.24. The van der Waals surface area contributed by atoms with E-state index in [-0.39, 0.29) is 23.1 Å². The van der Waals surface area contributed by atoms with Crippen LogP contribution in [-0.4, -0.2) is 24.3 Å². The van der Waals surface area contributed by atoms with Gasteiger partial charge in [0.25, 0.3) is 0 Å². The van der Waals surface area contributed by atoms with E-state index >= 15 is 0 Å². The van der Waals surface area contributed by atoms with Crippen LogP contribution in [0.3, 0.4) is 0 Å². The van der Waals surface area contributed by atoms with Crippen molar-refractivity contribution in [3.8, 4) is 0 Å². The molecular weight excluding hydrogens is 444 g/mol. The SMILES string of the molecule is CC(=O)O[C@H]1CC[C@]23C[C@]24CC[C@]2(C)[C@@H](C5CC[C@](C)(C(C)C)OC5)CC[C@@]2(C)[C@@H]4CC[C@H]3C1(C)C. The van der Waals surface area contributed by atoms with Crippen LogP contribution in [0.1, 0.15) is 126 Å². The smallest absolute Gasteiger partial charge is 0.302 e. The second-order valence-corrected chi connectivity index (χ2v) is 16.2. The molecule has 204 valence electrons. The van der Waals surface area contributed by atoms with Crippen molar-refractivity contribution in [2.75, 3.05) is 6.61 Å². The lowest BCUT2D eigenvalue weighted by molar-refractivity contribution is -0.185. The summed E-state index contributed by atoms with van der Waals surface area (Å²) in [7, 11) is 0. The van der Waals surface area contributed by atoms with Crippen LogP contribution in [0.4, 0.5) is 0 Å². The van der Waals surface area contributed by atoms with E-state index in [0.29, 0.717) is 33.5 Å². The third kappa shape index (κ3) is 3.05. The van der Waals surface area contributed by atoms with Crippen LogP contribution in [0.2, 0.25) is 0 Å². The fraction of sp³-hybridized carbons (Fsp3) is 0.970. The van der Waals surface area contributed by atoms with Crippen LogP contribution in [0, 0.1) is 56.7 Å². The second-order valence-electron chi connectivity index (χ2n) is 16.2. The monoisotopic (exact) mass is 498 g/mol. The Morgan fingerprint density at radius 3 is 2.14 bits per heavy atom. The Bertz CT molecular complexity index is 914. The summed E-state index contributed by atoms with van der Waals surface area (Å²) in [5, 5.41) is 0. The van der Waals surface area contributed by atoms with Crippen molar-refractivity contribution in [3.05, 3.63) is 0 Å². The third-order valence-corrected chi connectivity index (χ3v) is 14.9. The minimum atomic E-state index is -0.0958. The summed E-state index contributed by atoms with van der Waals surface area (Å²) < 4.78 is 12.6. The molecule has 1 heterocycles. The number of rotatable bonds is 3. The van der Waals surface area contributed by atoms with Crippen molar-refractivity contribution < 1.29 is 14.3 Å². The van der Waals surface area contributed by atoms with E-state index in [4.69, 9.17) is 9.47 Å². The molecule has 1 aliphatic heterocycles. The molecule has 5 saturated carbocycles. The molecule has 0 N–H and O–H groups in total. The lowest BCUT2D eigenvalue weighted by Gasteiger charge is -2.63. The molecule has 6 rings (SSSR count). The molecule has 6 aliphatic rings. The van der Waals surface area contributed by atoms with Crippen LogP contribution in [0.25, 0.3) is 0 Å². The van der Waals surface area contributed by atoms with Gasteiger partial charge in [0.2, 0.25) is 0 Å². The summed E-state index contributed by atoms with van der Waals surface area (Å²) in [6, 6.07) is 0. The van der Waals surface area contributed by atoms with Crippen LogP contribution >= 0.6 is 0 Å². The average Bonchev–Trinajstić information content (AvgIpc) is 3.39. The van der Waals surface area contributed by atoms with E-state index in [0.717, 1.165) is 30.8 Å². The summed E-state index contributed by atoms with van der Waals surface area (Å²) in [4.78, 5) is 11.9. The zero-order valence-corrected chi connectivity index (χ0v) is 24.7. The molecule has 5 aliphatic carbocycles. The van der Waals surface area contributed by atoms with Gasteiger partial charge in [0.1, 0.15) is 6.10 Å². The minimum Gasteiger partial charge on any atom is -0.462 e. The highest BCUT2D eigenvalue weighted by molar-refractivity contribution is 5.66. The molecule has 10 atom stereocenters. The summed E-state index contributed by atoms with van der Waals surface area (Å²) in [5.74, 6) is 3.68. The Labute approximate surface area is 221 Å². The zero-order chi connectivity index (χ0) is 25.9. The zero-order valence-electron chi connectivity index (χ0n) is 24.7. The molecule has 1 unspecified atom stereocenters. The number of esters is 1. The number of hydrogen-bond donors (Lipinski definition) is 0. The standard InChI is InChI=1S/C33H54O3/c1-21(2)31(8)15-11-23(19-35-31)24-12-14-30(7)26-10-9-25-28(4,5)27(36-22(3)34)13-16-32(25)20-33(26,32)18-17-29(24,30)6/h21,23-27H,9-20H2,1-8H3/t23?,24-,25+,26+,27+,29-,30+,31-,32-,33+/m1/s1. The number of carbonyl (C=O) groups excluding carboxylic acids is 1. The molecule has 0 aromatic carbocycles. The topological polar surface area (TPSA) is 35.5 Å². The second kappa shape index (κ2) is 7.76. The van der Waals surface area contributed by atoms with Gasteiger partial charge in [-0.25, -0.2) is 0 Å². The maximum Gasteiger partial charge on any atom is 0.302 e. The maximum atomic E-state index is 11.9. The molecular formula is C33H54O3. The Kier molecular flexibility index (Phi) is 5.54.